The third-order valence-corrected chi connectivity index (χ3v) is 2.79. The van der Waals surface area contributed by atoms with Crippen LogP contribution < -0.4 is 17.4 Å². The molecule has 0 aliphatic carbocycles. The Kier molecular flexibility index (Phi) is 4.11. The average molecular weight is 271 g/mol. The molecule has 0 spiro atoms. The van der Waals surface area contributed by atoms with Crippen LogP contribution in [-0.4, -0.2) is 27.9 Å². The number of rotatable bonds is 3. The molecule has 1 heterocycles. The van der Waals surface area contributed by atoms with E-state index in [0.717, 1.165) is 5.56 Å². The standard InChI is InChI=1S/C13H17N7/c1-20(16)12(19-15)7-11-17-8-10(14)13(18-11)9-5-3-2-4-6-9/h2-6,8H,7,14-16H2,1H3/b19-12-. The molecule has 104 valence electrons. The summed E-state index contributed by atoms with van der Waals surface area (Å²) in [4.78, 5) is 8.64. The number of hydrogen-bond donors (Lipinski definition) is 3. The molecule has 0 saturated carbocycles. The highest BCUT2D eigenvalue weighted by Gasteiger charge is 2.10. The lowest BCUT2D eigenvalue weighted by atomic mass is 10.1. The molecule has 20 heavy (non-hydrogen) atoms. The number of amidine groups is 1. The van der Waals surface area contributed by atoms with Crippen molar-refractivity contribution < 1.29 is 0 Å². The van der Waals surface area contributed by atoms with Crippen molar-refractivity contribution in [3.63, 3.8) is 0 Å². The van der Waals surface area contributed by atoms with Gasteiger partial charge in [-0.25, -0.2) is 15.8 Å². The summed E-state index contributed by atoms with van der Waals surface area (Å²) in [5, 5.41) is 4.95. The van der Waals surface area contributed by atoms with Crippen LogP contribution >= 0.6 is 0 Å². The topological polar surface area (TPSA) is 119 Å². The van der Waals surface area contributed by atoms with Crippen molar-refractivity contribution in [2.45, 2.75) is 6.42 Å². The van der Waals surface area contributed by atoms with Gasteiger partial charge in [0.1, 0.15) is 11.7 Å². The van der Waals surface area contributed by atoms with Gasteiger partial charge in [0.05, 0.1) is 24.0 Å². The second-order valence-corrected chi connectivity index (χ2v) is 4.29. The van der Waals surface area contributed by atoms with Crippen LogP contribution in [0.4, 0.5) is 5.69 Å². The average Bonchev–Trinajstić information content (AvgIpc) is 2.47. The molecule has 7 heteroatoms. The maximum Gasteiger partial charge on any atom is 0.145 e. The van der Waals surface area contributed by atoms with E-state index in [0.29, 0.717) is 29.5 Å². The van der Waals surface area contributed by atoms with Crippen molar-refractivity contribution in [2.24, 2.45) is 16.8 Å². The Morgan fingerprint density at radius 1 is 1.30 bits per heavy atom. The van der Waals surface area contributed by atoms with Crippen LogP contribution in [0.25, 0.3) is 11.3 Å². The summed E-state index contributed by atoms with van der Waals surface area (Å²) in [6.45, 7) is 0. The highest BCUT2D eigenvalue weighted by molar-refractivity contribution is 5.83. The number of aromatic nitrogens is 2. The molecule has 2 aromatic rings. The van der Waals surface area contributed by atoms with Gasteiger partial charge in [0.2, 0.25) is 0 Å². The minimum absolute atomic E-state index is 0.337. The smallest absolute Gasteiger partial charge is 0.145 e. The lowest BCUT2D eigenvalue weighted by Gasteiger charge is -2.14. The Labute approximate surface area is 117 Å². The number of anilines is 1. The summed E-state index contributed by atoms with van der Waals surface area (Å²) in [6, 6.07) is 9.67. The largest absolute Gasteiger partial charge is 0.396 e. The minimum atomic E-state index is 0.337. The minimum Gasteiger partial charge on any atom is -0.396 e. The Morgan fingerprint density at radius 3 is 2.60 bits per heavy atom. The van der Waals surface area contributed by atoms with Gasteiger partial charge in [0.15, 0.2) is 0 Å². The van der Waals surface area contributed by atoms with Gasteiger partial charge in [-0.1, -0.05) is 30.3 Å². The lowest BCUT2D eigenvalue weighted by Crippen LogP contribution is -2.35. The fourth-order valence-electron chi connectivity index (χ4n) is 1.74. The van der Waals surface area contributed by atoms with Crippen molar-refractivity contribution in [3.8, 4) is 11.3 Å². The van der Waals surface area contributed by atoms with E-state index in [1.54, 1.807) is 13.2 Å². The van der Waals surface area contributed by atoms with Crippen LogP contribution in [0.2, 0.25) is 0 Å². The van der Waals surface area contributed by atoms with Gasteiger partial charge in [-0.3, -0.25) is 5.01 Å². The van der Waals surface area contributed by atoms with Crippen LogP contribution in [-0.2, 0) is 6.42 Å². The normalized spacial score (nSPS) is 11.4. The van der Waals surface area contributed by atoms with Crippen LogP contribution in [0.1, 0.15) is 5.82 Å². The molecule has 1 aromatic heterocycles. The molecule has 0 bridgehead atoms. The number of benzene rings is 1. The van der Waals surface area contributed by atoms with Crippen molar-refractivity contribution in [3.05, 3.63) is 42.4 Å². The highest BCUT2D eigenvalue weighted by atomic mass is 15.4. The summed E-state index contributed by atoms with van der Waals surface area (Å²) >= 11 is 0. The van der Waals surface area contributed by atoms with Crippen molar-refractivity contribution in [1.29, 1.82) is 0 Å². The monoisotopic (exact) mass is 271 g/mol. The molecular weight excluding hydrogens is 254 g/mol. The predicted octanol–water partition coefficient (Wildman–Crippen LogP) is 0.346. The molecule has 0 amide bonds. The first kappa shape index (κ1) is 13.8. The maximum absolute atomic E-state index is 5.93. The Bertz CT molecular complexity index is 607. The van der Waals surface area contributed by atoms with Crippen LogP contribution in [0.3, 0.4) is 0 Å². The molecule has 1 aromatic carbocycles. The van der Waals surface area contributed by atoms with E-state index in [9.17, 15) is 0 Å². The van der Waals surface area contributed by atoms with Gasteiger partial charge >= 0.3 is 0 Å². The number of nitrogen functional groups attached to an aromatic ring is 1. The van der Waals surface area contributed by atoms with Gasteiger partial charge in [-0.15, -0.1) is 0 Å². The number of nitrogens with zero attached hydrogens (tertiary/aromatic N) is 4. The second kappa shape index (κ2) is 5.98. The first-order chi connectivity index (χ1) is 9.61. The first-order valence-corrected chi connectivity index (χ1v) is 6.03. The zero-order valence-electron chi connectivity index (χ0n) is 11.2. The fourth-order valence-corrected chi connectivity index (χ4v) is 1.74. The molecular formula is C13H17N7. The van der Waals surface area contributed by atoms with Crippen molar-refractivity contribution in [2.75, 3.05) is 12.8 Å². The number of hydrazine groups is 1. The lowest BCUT2D eigenvalue weighted by molar-refractivity contribution is 0.524. The Hall–Kier alpha value is -2.67. The molecule has 0 fully saturated rings. The highest BCUT2D eigenvalue weighted by Crippen LogP contribution is 2.22. The number of likely N-dealkylation sites (N-methyl/N-ethyl adjacent to an activating group) is 1. The first-order valence-electron chi connectivity index (χ1n) is 6.03. The van der Waals surface area contributed by atoms with Crippen LogP contribution in [0, 0.1) is 0 Å². The number of hydrogen-bond acceptors (Lipinski definition) is 6. The molecule has 0 saturated heterocycles. The zero-order chi connectivity index (χ0) is 14.5. The van der Waals surface area contributed by atoms with E-state index in [1.807, 2.05) is 30.3 Å². The number of nitrogens with two attached hydrogens (primary N) is 3. The molecule has 0 atom stereocenters. The summed E-state index contributed by atoms with van der Waals surface area (Å²) in [5.74, 6) is 11.9. The van der Waals surface area contributed by atoms with Gasteiger partial charge in [-0.2, -0.15) is 5.10 Å². The van der Waals surface area contributed by atoms with E-state index in [1.165, 1.54) is 5.01 Å². The molecule has 0 aliphatic rings. The van der Waals surface area contributed by atoms with Crippen molar-refractivity contribution in [1.82, 2.24) is 15.0 Å². The summed E-state index contributed by atoms with van der Waals surface area (Å²) in [6.07, 6.45) is 1.92. The number of hydrazone groups is 1. The Morgan fingerprint density at radius 2 is 2.00 bits per heavy atom. The van der Waals surface area contributed by atoms with Crippen molar-refractivity contribution >= 4 is 11.5 Å². The quantitative estimate of drug-likeness (QED) is 0.320. The molecule has 0 aliphatic heterocycles. The third kappa shape index (κ3) is 3.01. The summed E-state index contributed by atoms with van der Waals surface area (Å²) in [5.41, 5.74) is 8.07. The molecule has 6 N–H and O–H groups in total. The van der Waals surface area contributed by atoms with E-state index in [2.05, 4.69) is 15.1 Å². The fraction of sp³-hybridized carbons (Fsp3) is 0.154. The zero-order valence-corrected chi connectivity index (χ0v) is 11.2. The van der Waals surface area contributed by atoms with Gasteiger partial charge in [0.25, 0.3) is 0 Å². The van der Waals surface area contributed by atoms with Gasteiger partial charge in [-0.05, 0) is 0 Å². The Balaban J connectivity index is 2.35. The predicted molar refractivity (Wildman–Crippen MR) is 79.2 cm³/mol. The second-order valence-electron chi connectivity index (χ2n) is 4.29. The summed E-state index contributed by atoms with van der Waals surface area (Å²) < 4.78 is 0. The molecule has 0 unspecified atom stereocenters. The third-order valence-electron chi connectivity index (χ3n) is 2.79. The van der Waals surface area contributed by atoms with E-state index >= 15 is 0 Å². The maximum atomic E-state index is 5.93. The molecule has 0 radical (unpaired) electrons. The summed E-state index contributed by atoms with van der Waals surface area (Å²) in [7, 11) is 1.65. The molecule has 7 nitrogen and oxygen atoms in total. The SMILES string of the molecule is CN(N)/C(Cc1ncc(N)c(-c2ccccc2)n1)=N\N. The van der Waals surface area contributed by atoms with Crippen LogP contribution in [0.5, 0.6) is 0 Å². The van der Waals surface area contributed by atoms with E-state index in [4.69, 9.17) is 17.4 Å². The van der Waals surface area contributed by atoms with Gasteiger partial charge in [0, 0.05) is 12.6 Å². The van der Waals surface area contributed by atoms with E-state index < -0.39 is 0 Å². The van der Waals surface area contributed by atoms with Crippen LogP contribution in [0.15, 0.2) is 41.6 Å². The molecule has 2 rings (SSSR count). The van der Waals surface area contributed by atoms with Gasteiger partial charge < -0.3 is 11.6 Å². The van der Waals surface area contributed by atoms with E-state index in [-0.39, 0.29) is 0 Å².